The molecule has 0 saturated heterocycles. The first kappa shape index (κ1) is 13.6. The molecular weight excluding hydrogens is 331 g/mol. The Balaban J connectivity index is 2.09. The maximum Gasteiger partial charge on any atom is 0.126 e. The molecule has 4 heteroatoms. The summed E-state index contributed by atoms with van der Waals surface area (Å²) < 4.78 is 14.5. The van der Waals surface area contributed by atoms with Gasteiger partial charge >= 0.3 is 0 Å². The van der Waals surface area contributed by atoms with Crippen LogP contribution in [0.5, 0.6) is 0 Å². The zero-order valence-corrected chi connectivity index (χ0v) is 12.5. The van der Waals surface area contributed by atoms with Gasteiger partial charge in [-0.15, -0.1) is 0 Å². The highest BCUT2D eigenvalue weighted by Crippen LogP contribution is 2.32. The third-order valence-electron chi connectivity index (χ3n) is 3.18. The fourth-order valence-corrected chi connectivity index (χ4v) is 2.73. The summed E-state index contributed by atoms with van der Waals surface area (Å²) in [4.78, 5) is 0. The van der Waals surface area contributed by atoms with Crippen molar-refractivity contribution in [2.45, 2.75) is 0 Å². The van der Waals surface area contributed by atoms with Gasteiger partial charge < -0.3 is 5.32 Å². The Labute approximate surface area is 130 Å². The molecular formula is C17H10BrFN2. The summed E-state index contributed by atoms with van der Waals surface area (Å²) in [6, 6.07) is 17.9. The van der Waals surface area contributed by atoms with Gasteiger partial charge in [0.25, 0.3) is 0 Å². The lowest BCUT2D eigenvalue weighted by Crippen LogP contribution is -1.93. The third kappa shape index (κ3) is 2.74. The highest BCUT2D eigenvalue weighted by atomic mass is 79.9. The van der Waals surface area contributed by atoms with Crippen LogP contribution in [0, 0.1) is 17.1 Å². The number of hydrogen-bond acceptors (Lipinski definition) is 2. The minimum atomic E-state index is -0.432. The van der Waals surface area contributed by atoms with Gasteiger partial charge in [0, 0.05) is 21.2 Å². The van der Waals surface area contributed by atoms with Crippen LogP contribution in [0.1, 0.15) is 5.56 Å². The van der Waals surface area contributed by atoms with Gasteiger partial charge in [-0.05, 0) is 35.7 Å². The molecule has 0 aromatic heterocycles. The van der Waals surface area contributed by atoms with E-state index in [0.29, 0.717) is 11.3 Å². The average Bonchev–Trinajstić information content (AvgIpc) is 2.50. The van der Waals surface area contributed by atoms with E-state index in [1.807, 2.05) is 42.5 Å². The molecule has 0 amide bonds. The Bertz CT molecular complexity index is 868. The first-order chi connectivity index (χ1) is 10.2. The standard InChI is InChI=1S/C17H10BrFN2/c18-16-5-6-17(15-4-2-1-3-14(15)16)21-13-8-11(10-20)7-12(19)9-13/h1-9,21H. The fraction of sp³-hybridized carbons (Fsp3) is 0. The second kappa shape index (κ2) is 5.55. The molecule has 0 fully saturated rings. The Morgan fingerprint density at radius 1 is 1.00 bits per heavy atom. The van der Waals surface area contributed by atoms with Gasteiger partial charge in [0.15, 0.2) is 0 Å². The van der Waals surface area contributed by atoms with E-state index in [2.05, 4.69) is 21.2 Å². The second-order valence-corrected chi connectivity index (χ2v) is 5.46. The molecule has 0 saturated carbocycles. The third-order valence-corrected chi connectivity index (χ3v) is 3.87. The minimum absolute atomic E-state index is 0.291. The van der Waals surface area contributed by atoms with Gasteiger partial charge in [-0.25, -0.2) is 4.39 Å². The van der Waals surface area contributed by atoms with Crippen LogP contribution >= 0.6 is 15.9 Å². The van der Waals surface area contributed by atoms with Crippen molar-refractivity contribution in [3.63, 3.8) is 0 Å². The van der Waals surface area contributed by atoms with Crippen LogP contribution in [0.25, 0.3) is 10.8 Å². The lowest BCUT2D eigenvalue weighted by molar-refractivity contribution is 0.628. The monoisotopic (exact) mass is 340 g/mol. The van der Waals surface area contributed by atoms with E-state index >= 15 is 0 Å². The zero-order valence-electron chi connectivity index (χ0n) is 10.9. The molecule has 2 nitrogen and oxygen atoms in total. The van der Waals surface area contributed by atoms with Gasteiger partial charge in [-0.1, -0.05) is 40.2 Å². The quantitative estimate of drug-likeness (QED) is 0.681. The summed E-state index contributed by atoms with van der Waals surface area (Å²) in [5.41, 5.74) is 1.71. The molecule has 0 aliphatic rings. The maximum absolute atomic E-state index is 13.5. The number of benzene rings is 3. The zero-order chi connectivity index (χ0) is 14.8. The average molecular weight is 341 g/mol. The molecule has 0 unspecified atom stereocenters. The van der Waals surface area contributed by atoms with Crippen LogP contribution in [0.3, 0.4) is 0 Å². The molecule has 3 aromatic rings. The molecule has 0 aliphatic heterocycles. The van der Waals surface area contributed by atoms with Crippen molar-refractivity contribution in [2.75, 3.05) is 5.32 Å². The number of anilines is 2. The van der Waals surface area contributed by atoms with Crippen LogP contribution in [-0.4, -0.2) is 0 Å². The van der Waals surface area contributed by atoms with Crippen molar-refractivity contribution in [1.82, 2.24) is 0 Å². The highest BCUT2D eigenvalue weighted by molar-refractivity contribution is 9.10. The van der Waals surface area contributed by atoms with Crippen LogP contribution in [0.2, 0.25) is 0 Å². The van der Waals surface area contributed by atoms with Gasteiger partial charge in [0.05, 0.1) is 11.6 Å². The second-order valence-electron chi connectivity index (χ2n) is 4.61. The number of nitrogens with zero attached hydrogens (tertiary/aromatic N) is 1. The van der Waals surface area contributed by atoms with E-state index in [1.165, 1.54) is 12.1 Å². The molecule has 1 N–H and O–H groups in total. The van der Waals surface area contributed by atoms with Crippen molar-refractivity contribution in [2.24, 2.45) is 0 Å². The molecule has 102 valence electrons. The molecule has 0 heterocycles. The van der Waals surface area contributed by atoms with Gasteiger partial charge in [-0.3, -0.25) is 0 Å². The largest absolute Gasteiger partial charge is 0.355 e. The number of nitrogens with one attached hydrogen (secondary N) is 1. The Hall–Kier alpha value is -2.38. The molecule has 0 bridgehead atoms. The minimum Gasteiger partial charge on any atom is -0.355 e. The Morgan fingerprint density at radius 2 is 1.76 bits per heavy atom. The summed E-state index contributed by atoms with van der Waals surface area (Å²) in [6.45, 7) is 0. The lowest BCUT2D eigenvalue weighted by Gasteiger charge is -2.11. The predicted molar refractivity (Wildman–Crippen MR) is 86.0 cm³/mol. The lowest BCUT2D eigenvalue weighted by atomic mass is 10.1. The summed E-state index contributed by atoms with van der Waals surface area (Å²) in [5.74, 6) is -0.432. The van der Waals surface area contributed by atoms with E-state index < -0.39 is 5.82 Å². The Kier molecular flexibility index (Phi) is 3.59. The van der Waals surface area contributed by atoms with Crippen LogP contribution in [0.4, 0.5) is 15.8 Å². The molecule has 0 atom stereocenters. The smallest absolute Gasteiger partial charge is 0.126 e. The number of fused-ring (bicyclic) bond motifs is 1. The van der Waals surface area contributed by atoms with E-state index in [0.717, 1.165) is 20.9 Å². The topological polar surface area (TPSA) is 35.8 Å². The van der Waals surface area contributed by atoms with Crippen LogP contribution in [-0.2, 0) is 0 Å². The molecule has 0 aliphatic carbocycles. The van der Waals surface area contributed by atoms with E-state index in [4.69, 9.17) is 5.26 Å². The van der Waals surface area contributed by atoms with Crippen molar-refractivity contribution < 1.29 is 4.39 Å². The van der Waals surface area contributed by atoms with Crippen LogP contribution < -0.4 is 5.32 Å². The summed E-state index contributed by atoms with van der Waals surface area (Å²) in [7, 11) is 0. The van der Waals surface area contributed by atoms with Gasteiger partial charge in [0.2, 0.25) is 0 Å². The van der Waals surface area contributed by atoms with E-state index in [1.54, 1.807) is 6.07 Å². The van der Waals surface area contributed by atoms with Crippen LogP contribution in [0.15, 0.2) is 59.1 Å². The van der Waals surface area contributed by atoms with E-state index in [9.17, 15) is 4.39 Å². The first-order valence-electron chi connectivity index (χ1n) is 6.32. The first-order valence-corrected chi connectivity index (χ1v) is 7.11. The van der Waals surface area contributed by atoms with E-state index in [-0.39, 0.29) is 0 Å². The van der Waals surface area contributed by atoms with Crippen molar-refractivity contribution >= 4 is 38.1 Å². The highest BCUT2D eigenvalue weighted by Gasteiger charge is 2.06. The molecule has 0 radical (unpaired) electrons. The van der Waals surface area contributed by atoms with Crippen molar-refractivity contribution in [1.29, 1.82) is 5.26 Å². The number of halogens is 2. The number of hydrogen-bond donors (Lipinski definition) is 1. The maximum atomic E-state index is 13.5. The van der Waals surface area contributed by atoms with Crippen molar-refractivity contribution in [3.05, 3.63) is 70.5 Å². The van der Waals surface area contributed by atoms with Crippen molar-refractivity contribution in [3.8, 4) is 6.07 Å². The fourth-order valence-electron chi connectivity index (χ4n) is 2.25. The molecule has 3 rings (SSSR count). The summed E-state index contributed by atoms with van der Waals surface area (Å²) in [5, 5.41) is 14.2. The van der Waals surface area contributed by atoms with Gasteiger partial charge in [-0.2, -0.15) is 5.26 Å². The predicted octanol–water partition coefficient (Wildman–Crippen LogP) is 5.36. The summed E-state index contributed by atoms with van der Waals surface area (Å²) in [6.07, 6.45) is 0. The summed E-state index contributed by atoms with van der Waals surface area (Å²) >= 11 is 3.52. The number of nitriles is 1. The molecule has 21 heavy (non-hydrogen) atoms. The SMILES string of the molecule is N#Cc1cc(F)cc(Nc2ccc(Br)c3ccccc23)c1. The molecule has 0 spiro atoms. The Morgan fingerprint density at radius 3 is 2.52 bits per heavy atom. The van der Waals surface area contributed by atoms with Gasteiger partial charge in [0.1, 0.15) is 5.82 Å². The number of rotatable bonds is 2. The normalized spacial score (nSPS) is 10.3. The molecule has 3 aromatic carbocycles.